The number of hydrogen-bond donors (Lipinski definition) is 0. The summed E-state index contributed by atoms with van der Waals surface area (Å²) >= 11 is 0. The van der Waals surface area contributed by atoms with Crippen molar-refractivity contribution >= 4 is 64.9 Å². The molecule has 0 atom stereocenters. The highest BCUT2D eigenvalue weighted by atomic mass is 15.0. The van der Waals surface area contributed by atoms with E-state index in [0.29, 0.717) is 0 Å². The minimum absolute atomic E-state index is 1.13. The predicted molar refractivity (Wildman–Crippen MR) is 278 cm³/mol. The van der Waals surface area contributed by atoms with E-state index in [1.54, 1.807) is 0 Å². The Morgan fingerprint density at radius 1 is 0.215 bits per heavy atom. The van der Waals surface area contributed by atoms with Gasteiger partial charge >= 0.3 is 0 Å². The van der Waals surface area contributed by atoms with E-state index < -0.39 is 0 Å². The van der Waals surface area contributed by atoms with Crippen molar-refractivity contribution in [3.8, 4) is 61.3 Å². The van der Waals surface area contributed by atoms with Gasteiger partial charge in [-0.25, -0.2) is 0 Å². The van der Waals surface area contributed by atoms with Crippen LogP contribution in [-0.4, -0.2) is 4.57 Å². The third-order valence-electron chi connectivity index (χ3n) is 13.5. The number of rotatable bonds is 6. The fourth-order valence-electron chi connectivity index (χ4n) is 10.5. The quantitative estimate of drug-likeness (QED) is 0.116. The molecule has 13 rings (SSSR count). The maximum absolute atomic E-state index is 2.45. The summed E-state index contributed by atoms with van der Waals surface area (Å²) in [6.45, 7) is 0. The number of aromatic nitrogens is 1. The molecular weight excluding hydrogens is 783 g/mol. The van der Waals surface area contributed by atoms with Crippen molar-refractivity contribution in [1.82, 2.24) is 4.57 Å². The van der Waals surface area contributed by atoms with Crippen molar-refractivity contribution in [2.45, 2.75) is 0 Å². The molecule has 0 saturated carbocycles. The van der Waals surface area contributed by atoms with Gasteiger partial charge < -0.3 is 4.57 Å². The fraction of sp³-hybridized carbons (Fsp3) is 0. The van der Waals surface area contributed by atoms with Crippen LogP contribution in [0, 0.1) is 0 Å². The maximum atomic E-state index is 2.45. The first-order valence-corrected chi connectivity index (χ1v) is 22.5. The first-order valence-electron chi connectivity index (χ1n) is 22.5. The van der Waals surface area contributed by atoms with Crippen molar-refractivity contribution in [3.63, 3.8) is 0 Å². The summed E-state index contributed by atoms with van der Waals surface area (Å²) in [5.74, 6) is 0. The largest absolute Gasteiger partial charge is 0.309 e. The van der Waals surface area contributed by atoms with Crippen molar-refractivity contribution in [2.24, 2.45) is 0 Å². The van der Waals surface area contributed by atoms with Gasteiger partial charge in [0.15, 0.2) is 0 Å². The lowest BCUT2D eigenvalue weighted by atomic mass is 9.86. The van der Waals surface area contributed by atoms with E-state index in [0.717, 1.165) is 5.69 Å². The van der Waals surface area contributed by atoms with Crippen LogP contribution in [0.25, 0.3) is 126 Å². The van der Waals surface area contributed by atoms with Crippen LogP contribution in [0.1, 0.15) is 0 Å². The van der Waals surface area contributed by atoms with Crippen LogP contribution < -0.4 is 0 Å². The van der Waals surface area contributed by atoms with Gasteiger partial charge in [-0.3, -0.25) is 0 Å². The van der Waals surface area contributed by atoms with E-state index in [9.17, 15) is 0 Å². The Bertz CT molecular complexity index is 3830. The summed E-state index contributed by atoms with van der Waals surface area (Å²) in [5.41, 5.74) is 15.6. The zero-order valence-corrected chi connectivity index (χ0v) is 35.6. The van der Waals surface area contributed by atoms with Crippen molar-refractivity contribution < 1.29 is 0 Å². The van der Waals surface area contributed by atoms with E-state index in [4.69, 9.17) is 0 Å². The van der Waals surface area contributed by atoms with Gasteiger partial charge in [-0.1, -0.05) is 194 Å². The third kappa shape index (κ3) is 6.16. The van der Waals surface area contributed by atoms with Gasteiger partial charge in [0.2, 0.25) is 0 Å². The molecule has 65 heavy (non-hydrogen) atoms. The van der Waals surface area contributed by atoms with E-state index in [2.05, 4.69) is 253 Å². The molecule has 0 spiro atoms. The van der Waals surface area contributed by atoms with Crippen LogP contribution in [0.15, 0.2) is 249 Å². The van der Waals surface area contributed by atoms with Crippen molar-refractivity contribution in [3.05, 3.63) is 249 Å². The minimum atomic E-state index is 1.13. The lowest BCUT2D eigenvalue weighted by molar-refractivity contribution is 1.18. The molecule has 1 heteroatoms. The van der Waals surface area contributed by atoms with E-state index in [1.165, 1.54) is 121 Å². The zero-order valence-electron chi connectivity index (χ0n) is 35.6. The predicted octanol–water partition coefficient (Wildman–Crippen LogP) is 17.7. The van der Waals surface area contributed by atoms with Crippen LogP contribution >= 0.6 is 0 Å². The normalized spacial score (nSPS) is 11.7. The highest BCUT2D eigenvalue weighted by Gasteiger charge is 2.19. The fourth-order valence-corrected chi connectivity index (χ4v) is 10.5. The Morgan fingerprint density at radius 2 is 0.615 bits per heavy atom. The summed E-state index contributed by atoms with van der Waals surface area (Å²) < 4.78 is 2.45. The Labute approximate surface area is 377 Å². The lowest BCUT2D eigenvalue weighted by Crippen LogP contribution is -1.95. The van der Waals surface area contributed by atoms with Crippen LogP contribution in [0.5, 0.6) is 0 Å². The van der Waals surface area contributed by atoms with Gasteiger partial charge in [-0.2, -0.15) is 0 Å². The van der Waals surface area contributed by atoms with Crippen LogP contribution in [0.2, 0.25) is 0 Å². The third-order valence-corrected chi connectivity index (χ3v) is 13.5. The molecule has 0 saturated heterocycles. The van der Waals surface area contributed by atoms with Gasteiger partial charge in [0, 0.05) is 16.5 Å². The Hall–Kier alpha value is -8.52. The molecule has 1 heterocycles. The van der Waals surface area contributed by atoms with Crippen molar-refractivity contribution in [2.75, 3.05) is 0 Å². The number of nitrogens with zero attached hydrogens (tertiary/aromatic N) is 1. The second-order valence-corrected chi connectivity index (χ2v) is 17.2. The number of fused-ring (bicyclic) bond motifs is 10. The Morgan fingerprint density at radius 3 is 1.17 bits per heavy atom. The Balaban J connectivity index is 1.01. The maximum Gasteiger partial charge on any atom is 0.0541 e. The van der Waals surface area contributed by atoms with Crippen LogP contribution in [0.4, 0.5) is 0 Å². The molecule has 1 aromatic heterocycles. The molecule has 1 nitrogen and oxygen atoms in total. The SMILES string of the molecule is c1ccc(-c2cccc(-c3ccc4c(c3)c3cc(-c5cccc(-c6ccccc6)c5)ccc3n4-c3ccc(-c4c5ccccc5cc5c6ccccc6c6ccccc6c45)cc3)c2)cc1. The lowest BCUT2D eigenvalue weighted by Gasteiger charge is -2.18. The molecule has 302 valence electrons. The van der Waals surface area contributed by atoms with Gasteiger partial charge in [-0.05, 0) is 153 Å². The summed E-state index contributed by atoms with van der Waals surface area (Å²) in [6, 6.07) is 91.6. The molecule has 0 aliphatic carbocycles. The first kappa shape index (κ1) is 37.1. The summed E-state index contributed by atoms with van der Waals surface area (Å²) in [7, 11) is 0. The summed E-state index contributed by atoms with van der Waals surface area (Å²) in [5, 5.41) is 12.7. The molecule has 0 fully saturated rings. The summed E-state index contributed by atoms with van der Waals surface area (Å²) in [4.78, 5) is 0. The van der Waals surface area contributed by atoms with Crippen molar-refractivity contribution in [1.29, 1.82) is 0 Å². The van der Waals surface area contributed by atoms with E-state index in [1.807, 2.05) is 0 Å². The molecule has 0 N–H and O–H groups in total. The molecule has 0 aliphatic heterocycles. The van der Waals surface area contributed by atoms with Crippen LogP contribution in [-0.2, 0) is 0 Å². The molecule has 0 aliphatic rings. The van der Waals surface area contributed by atoms with Crippen LogP contribution in [0.3, 0.4) is 0 Å². The molecule has 0 radical (unpaired) electrons. The molecule has 0 unspecified atom stereocenters. The molecule has 13 aromatic rings. The molecule has 0 amide bonds. The second-order valence-electron chi connectivity index (χ2n) is 17.2. The topological polar surface area (TPSA) is 4.93 Å². The highest BCUT2D eigenvalue weighted by molar-refractivity contribution is 6.32. The van der Waals surface area contributed by atoms with Gasteiger partial charge in [0.1, 0.15) is 0 Å². The average molecular weight is 824 g/mol. The monoisotopic (exact) mass is 823 g/mol. The van der Waals surface area contributed by atoms with Gasteiger partial charge in [0.05, 0.1) is 11.0 Å². The summed E-state index contributed by atoms with van der Waals surface area (Å²) in [6.07, 6.45) is 0. The van der Waals surface area contributed by atoms with Gasteiger partial charge in [0.25, 0.3) is 0 Å². The Kier molecular flexibility index (Phi) is 8.60. The van der Waals surface area contributed by atoms with E-state index >= 15 is 0 Å². The number of benzene rings is 12. The minimum Gasteiger partial charge on any atom is -0.309 e. The zero-order chi connectivity index (χ0) is 42.8. The highest BCUT2D eigenvalue weighted by Crippen LogP contribution is 2.45. The van der Waals surface area contributed by atoms with E-state index in [-0.39, 0.29) is 0 Å². The molecule has 12 aromatic carbocycles. The smallest absolute Gasteiger partial charge is 0.0541 e. The van der Waals surface area contributed by atoms with Gasteiger partial charge in [-0.15, -0.1) is 0 Å². The standard InChI is InChI=1S/C64H41N/c1-3-15-42(16-4-1)45-20-13-22-47(37-45)49-31-35-61-58(39-49)59-40-50(48-23-14-21-46(38-48)43-17-5-2-6-18-43)32-36-62(59)65(61)52-33-29-44(30-34-52)63-53-24-8-7-19-51(53)41-60-56-27-10-9-25-54(56)55-26-11-12-28-57(55)64(60)63/h1-41H. The molecule has 0 bridgehead atoms. The average Bonchev–Trinajstić information content (AvgIpc) is 3.72. The second kappa shape index (κ2) is 15.1. The number of hydrogen-bond acceptors (Lipinski definition) is 0. The first-order chi connectivity index (χ1) is 32.2. The molecular formula is C64H41N.